The predicted octanol–water partition coefficient (Wildman–Crippen LogP) is 1.65. The fourth-order valence-electron chi connectivity index (χ4n) is 2.18. The molecule has 18 heavy (non-hydrogen) atoms. The third-order valence-corrected chi connectivity index (χ3v) is 3.78. The van der Waals surface area contributed by atoms with Crippen molar-refractivity contribution in [1.82, 2.24) is 5.32 Å². The van der Waals surface area contributed by atoms with E-state index in [1.807, 2.05) is 13.0 Å². The van der Waals surface area contributed by atoms with Crippen LogP contribution in [0.15, 0.2) is 18.2 Å². The maximum Gasteiger partial charge on any atom is 0.120 e. The zero-order chi connectivity index (χ0) is 13.2. The summed E-state index contributed by atoms with van der Waals surface area (Å²) in [6, 6.07) is 5.17. The zero-order valence-corrected chi connectivity index (χ0v) is 10.9. The van der Waals surface area contributed by atoms with Crippen molar-refractivity contribution in [3.05, 3.63) is 23.8 Å². The van der Waals surface area contributed by atoms with Gasteiger partial charge in [-0.05, 0) is 43.9 Å². The minimum Gasteiger partial charge on any atom is -0.508 e. The first-order valence-electron chi connectivity index (χ1n) is 6.31. The van der Waals surface area contributed by atoms with Crippen LogP contribution in [0.4, 0.5) is 0 Å². The van der Waals surface area contributed by atoms with Crippen LogP contribution in [0.1, 0.15) is 25.3 Å². The molecule has 0 radical (unpaired) electrons. The lowest BCUT2D eigenvalue weighted by atomic mass is 9.96. The van der Waals surface area contributed by atoms with Gasteiger partial charge in [0.1, 0.15) is 11.5 Å². The smallest absolute Gasteiger partial charge is 0.120 e. The lowest BCUT2D eigenvalue weighted by molar-refractivity contribution is 0.153. The molecule has 3 N–H and O–H groups in total. The van der Waals surface area contributed by atoms with E-state index >= 15 is 0 Å². The fraction of sp³-hybridized carbons (Fsp3) is 0.571. The van der Waals surface area contributed by atoms with Gasteiger partial charge in [0.2, 0.25) is 0 Å². The topological polar surface area (TPSA) is 61.7 Å². The van der Waals surface area contributed by atoms with Crippen LogP contribution in [0.2, 0.25) is 0 Å². The molecular formula is C14H21NO3. The van der Waals surface area contributed by atoms with Gasteiger partial charge in [-0.25, -0.2) is 0 Å². The number of nitrogens with one attached hydrogen (secondary N) is 1. The van der Waals surface area contributed by atoms with Gasteiger partial charge in [-0.15, -0.1) is 0 Å². The van der Waals surface area contributed by atoms with Gasteiger partial charge in [-0.1, -0.05) is 0 Å². The van der Waals surface area contributed by atoms with Crippen LogP contribution in [-0.4, -0.2) is 29.5 Å². The summed E-state index contributed by atoms with van der Waals surface area (Å²) in [5.74, 6) is 1.51. The van der Waals surface area contributed by atoms with E-state index in [1.54, 1.807) is 19.2 Å². The van der Waals surface area contributed by atoms with E-state index in [0.29, 0.717) is 12.5 Å². The first-order valence-corrected chi connectivity index (χ1v) is 6.31. The lowest BCUT2D eigenvalue weighted by Gasteiger charge is -2.29. The summed E-state index contributed by atoms with van der Waals surface area (Å²) in [6.45, 7) is 2.67. The van der Waals surface area contributed by atoms with Crippen LogP contribution >= 0.6 is 0 Å². The van der Waals surface area contributed by atoms with Crippen molar-refractivity contribution >= 4 is 0 Å². The molecule has 1 unspecified atom stereocenters. The molecule has 1 aliphatic carbocycles. The maximum atomic E-state index is 9.80. The van der Waals surface area contributed by atoms with Gasteiger partial charge in [0, 0.05) is 17.6 Å². The molecule has 4 nitrogen and oxygen atoms in total. The average Bonchev–Trinajstić information content (AvgIpc) is 3.22. The molecule has 1 fully saturated rings. The van der Waals surface area contributed by atoms with E-state index in [0.717, 1.165) is 24.2 Å². The molecule has 1 aromatic rings. The molecule has 0 aliphatic heterocycles. The Labute approximate surface area is 108 Å². The monoisotopic (exact) mass is 251 g/mol. The molecule has 0 amide bonds. The Morgan fingerprint density at radius 2 is 2.17 bits per heavy atom. The molecule has 4 heteroatoms. The Balaban J connectivity index is 2.04. The number of phenolic OH excluding ortho intramolecular Hbond substituents is 1. The van der Waals surface area contributed by atoms with Gasteiger partial charge < -0.3 is 20.3 Å². The third kappa shape index (κ3) is 2.76. The fourth-order valence-corrected chi connectivity index (χ4v) is 2.18. The van der Waals surface area contributed by atoms with Gasteiger partial charge in [0.25, 0.3) is 0 Å². The predicted molar refractivity (Wildman–Crippen MR) is 69.7 cm³/mol. The molecule has 1 saturated carbocycles. The summed E-state index contributed by atoms with van der Waals surface area (Å²) < 4.78 is 5.14. The highest BCUT2D eigenvalue weighted by atomic mass is 16.5. The molecule has 0 heterocycles. The highest BCUT2D eigenvalue weighted by Crippen LogP contribution is 2.39. The standard InChI is InChI=1S/C14H21NO3/c1-14(9-16,11-3-4-11)15-8-10-7-12(18-2)5-6-13(10)17/h5-7,11,15-17H,3-4,8-9H2,1-2H3. The van der Waals surface area contributed by atoms with Crippen LogP contribution in [0.25, 0.3) is 0 Å². The lowest BCUT2D eigenvalue weighted by Crippen LogP contribution is -2.47. The van der Waals surface area contributed by atoms with Crippen molar-refractivity contribution < 1.29 is 14.9 Å². The Morgan fingerprint density at radius 1 is 1.44 bits per heavy atom. The normalized spacial score (nSPS) is 18.4. The molecule has 1 atom stereocenters. The van der Waals surface area contributed by atoms with Crippen molar-refractivity contribution in [2.24, 2.45) is 5.92 Å². The van der Waals surface area contributed by atoms with E-state index in [2.05, 4.69) is 5.32 Å². The number of rotatable bonds is 6. The van der Waals surface area contributed by atoms with Crippen LogP contribution < -0.4 is 10.1 Å². The van der Waals surface area contributed by atoms with Gasteiger partial charge in [0.15, 0.2) is 0 Å². The van der Waals surface area contributed by atoms with E-state index in [4.69, 9.17) is 4.74 Å². The first kappa shape index (κ1) is 13.2. The Kier molecular flexibility index (Phi) is 3.78. The summed E-state index contributed by atoms with van der Waals surface area (Å²) in [4.78, 5) is 0. The van der Waals surface area contributed by atoms with Crippen molar-refractivity contribution in [3.63, 3.8) is 0 Å². The Hall–Kier alpha value is -1.26. The molecular weight excluding hydrogens is 230 g/mol. The molecule has 100 valence electrons. The van der Waals surface area contributed by atoms with E-state index in [1.165, 1.54) is 0 Å². The number of benzene rings is 1. The van der Waals surface area contributed by atoms with Crippen LogP contribution in [0.3, 0.4) is 0 Å². The highest BCUT2D eigenvalue weighted by molar-refractivity contribution is 5.39. The minimum absolute atomic E-state index is 0.113. The van der Waals surface area contributed by atoms with Crippen molar-refractivity contribution in [2.45, 2.75) is 31.8 Å². The number of phenols is 1. The summed E-state index contributed by atoms with van der Waals surface area (Å²) >= 11 is 0. The second-order valence-electron chi connectivity index (χ2n) is 5.20. The number of hydrogen-bond acceptors (Lipinski definition) is 4. The minimum atomic E-state index is -0.254. The largest absolute Gasteiger partial charge is 0.508 e. The summed E-state index contributed by atoms with van der Waals surface area (Å²) in [5.41, 5.74) is 0.532. The maximum absolute atomic E-state index is 9.80. The van der Waals surface area contributed by atoms with Gasteiger partial charge >= 0.3 is 0 Å². The number of aromatic hydroxyl groups is 1. The average molecular weight is 251 g/mol. The van der Waals surface area contributed by atoms with E-state index in [9.17, 15) is 10.2 Å². The highest BCUT2D eigenvalue weighted by Gasteiger charge is 2.40. The molecule has 0 aromatic heterocycles. The van der Waals surface area contributed by atoms with Crippen molar-refractivity contribution in [2.75, 3.05) is 13.7 Å². The Bertz CT molecular complexity index is 418. The SMILES string of the molecule is COc1ccc(O)c(CNC(C)(CO)C2CC2)c1. The van der Waals surface area contributed by atoms with Crippen molar-refractivity contribution in [1.29, 1.82) is 0 Å². The molecule has 0 bridgehead atoms. The number of hydrogen-bond donors (Lipinski definition) is 3. The van der Waals surface area contributed by atoms with Crippen LogP contribution in [0.5, 0.6) is 11.5 Å². The van der Waals surface area contributed by atoms with Crippen molar-refractivity contribution in [3.8, 4) is 11.5 Å². The number of methoxy groups -OCH3 is 1. The van der Waals surface area contributed by atoms with Gasteiger partial charge in [-0.2, -0.15) is 0 Å². The summed E-state index contributed by atoms with van der Waals surface area (Å²) in [5, 5.41) is 22.6. The van der Waals surface area contributed by atoms with E-state index < -0.39 is 0 Å². The second kappa shape index (κ2) is 5.16. The summed E-state index contributed by atoms with van der Waals surface area (Å²) in [7, 11) is 1.60. The van der Waals surface area contributed by atoms with Crippen LogP contribution in [-0.2, 0) is 6.54 Å². The Morgan fingerprint density at radius 3 is 2.72 bits per heavy atom. The molecule has 0 spiro atoms. The molecule has 1 aliphatic rings. The van der Waals surface area contributed by atoms with E-state index in [-0.39, 0.29) is 17.9 Å². The zero-order valence-electron chi connectivity index (χ0n) is 10.9. The molecule has 2 rings (SSSR count). The van der Waals surface area contributed by atoms with Crippen LogP contribution in [0, 0.1) is 5.92 Å². The number of ether oxygens (including phenoxy) is 1. The number of aliphatic hydroxyl groups is 1. The quantitative estimate of drug-likeness (QED) is 0.719. The first-order chi connectivity index (χ1) is 8.59. The second-order valence-corrected chi connectivity index (χ2v) is 5.20. The molecule has 1 aromatic carbocycles. The van der Waals surface area contributed by atoms with Gasteiger partial charge in [-0.3, -0.25) is 0 Å². The molecule has 0 saturated heterocycles. The summed E-state index contributed by atoms with van der Waals surface area (Å²) in [6.07, 6.45) is 2.32. The van der Waals surface area contributed by atoms with Gasteiger partial charge in [0.05, 0.1) is 13.7 Å². The number of aliphatic hydroxyl groups excluding tert-OH is 1. The third-order valence-electron chi connectivity index (χ3n) is 3.78.